The largest absolute Gasteiger partial charge is 0.497 e. The third-order valence-corrected chi connectivity index (χ3v) is 3.18. The van der Waals surface area contributed by atoms with E-state index in [1.165, 1.54) is 0 Å². The molecular weight excluding hydrogens is 276 g/mol. The van der Waals surface area contributed by atoms with Gasteiger partial charge in [-0.2, -0.15) is 0 Å². The molecule has 0 spiro atoms. The average molecular weight is 294 g/mol. The standard InChI is InChI=1S/C14H18N2O3S/c1-18-11-6-9(14(15)20)7-12(8-11)19-5-4-13(17)16-10-2-3-10/h6-8,10H,2-5H2,1H3,(H2,15,20)(H,16,17). The Morgan fingerprint density at radius 2 is 2.10 bits per heavy atom. The summed E-state index contributed by atoms with van der Waals surface area (Å²) in [6, 6.07) is 5.60. The van der Waals surface area contributed by atoms with E-state index < -0.39 is 0 Å². The zero-order valence-electron chi connectivity index (χ0n) is 11.3. The third-order valence-electron chi connectivity index (χ3n) is 2.94. The fourth-order valence-corrected chi connectivity index (χ4v) is 1.82. The van der Waals surface area contributed by atoms with Crippen LogP contribution in [0.4, 0.5) is 0 Å². The molecule has 1 saturated carbocycles. The molecule has 1 fully saturated rings. The molecule has 0 heterocycles. The van der Waals surface area contributed by atoms with Gasteiger partial charge in [0.2, 0.25) is 5.91 Å². The maximum atomic E-state index is 11.5. The Kier molecular flexibility index (Phi) is 4.79. The number of nitrogens with one attached hydrogen (secondary N) is 1. The number of thiocarbonyl (C=S) groups is 1. The van der Waals surface area contributed by atoms with Crippen LogP contribution < -0.4 is 20.5 Å². The second kappa shape index (κ2) is 6.56. The molecule has 6 heteroatoms. The van der Waals surface area contributed by atoms with Crippen molar-refractivity contribution in [2.45, 2.75) is 25.3 Å². The van der Waals surface area contributed by atoms with E-state index in [1.807, 2.05) is 0 Å². The molecule has 1 aromatic rings. The van der Waals surface area contributed by atoms with E-state index in [-0.39, 0.29) is 10.9 Å². The van der Waals surface area contributed by atoms with Gasteiger partial charge in [-0.25, -0.2) is 0 Å². The van der Waals surface area contributed by atoms with Crippen LogP contribution in [0.2, 0.25) is 0 Å². The molecule has 0 saturated heterocycles. The van der Waals surface area contributed by atoms with Crippen molar-refractivity contribution < 1.29 is 14.3 Å². The summed E-state index contributed by atoms with van der Waals surface area (Å²) in [4.78, 5) is 11.8. The molecule has 108 valence electrons. The van der Waals surface area contributed by atoms with Crippen LogP contribution in [0.25, 0.3) is 0 Å². The van der Waals surface area contributed by atoms with Crippen molar-refractivity contribution in [1.29, 1.82) is 0 Å². The normalized spacial score (nSPS) is 13.7. The monoisotopic (exact) mass is 294 g/mol. The molecule has 20 heavy (non-hydrogen) atoms. The fraction of sp³-hybridized carbons (Fsp3) is 0.429. The van der Waals surface area contributed by atoms with Gasteiger partial charge in [-0.3, -0.25) is 4.79 Å². The van der Waals surface area contributed by atoms with Crippen molar-refractivity contribution in [2.24, 2.45) is 5.73 Å². The zero-order valence-corrected chi connectivity index (χ0v) is 12.2. The fourth-order valence-electron chi connectivity index (χ4n) is 1.70. The maximum Gasteiger partial charge on any atom is 0.223 e. The summed E-state index contributed by atoms with van der Waals surface area (Å²) in [5.41, 5.74) is 6.28. The van der Waals surface area contributed by atoms with Crippen molar-refractivity contribution in [3.05, 3.63) is 23.8 Å². The number of hydrogen-bond donors (Lipinski definition) is 2. The quantitative estimate of drug-likeness (QED) is 0.743. The van der Waals surface area contributed by atoms with Crippen molar-refractivity contribution in [1.82, 2.24) is 5.32 Å². The summed E-state index contributed by atoms with van der Waals surface area (Å²) < 4.78 is 10.7. The van der Waals surface area contributed by atoms with Gasteiger partial charge in [0.25, 0.3) is 0 Å². The smallest absolute Gasteiger partial charge is 0.223 e. The van der Waals surface area contributed by atoms with E-state index in [4.69, 9.17) is 27.4 Å². The van der Waals surface area contributed by atoms with E-state index in [0.29, 0.717) is 36.1 Å². The summed E-state index contributed by atoms with van der Waals surface area (Å²) in [5.74, 6) is 1.23. The molecule has 0 unspecified atom stereocenters. The highest BCUT2D eigenvalue weighted by Gasteiger charge is 2.22. The predicted octanol–water partition coefficient (Wildman–Crippen LogP) is 1.38. The molecule has 0 radical (unpaired) electrons. The number of nitrogens with two attached hydrogens (primary N) is 1. The van der Waals surface area contributed by atoms with Crippen LogP contribution in [-0.4, -0.2) is 30.7 Å². The van der Waals surface area contributed by atoms with Gasteiger partial charge < -0.3 is 20.5 Å². The number of ether oxygens (including phenoxy) is 2. The number of hydrogen-bond acceptors (Lipinski definition) is 4. The van der Waals surface area contributed by atoms with E-state index in [2.05, 4.69) is 5.32 Å². The number of amides is 1. The molecule has 1 aliphatic rings. The van der Waals surface area contributed by atoms with E-state index in [9.17, 15) is 4.79 Å². The van der Waals surface area contributed by atoms with Crippen molar-refractivity contribution in [3.8, 4) is 11.5 Å². The van der Waals surface area contributed by atoms with Gasteiger partial charge in [-0.15, -0.1) is 0 Å². The zero-order chi connectivity index (χ0) is 14.5. The third kappa shape index (κ3) is 4.38. The molecular formula is C14H18N2O3S. The van der Waals surface area contributed by atoms with Crippen molar-refractivity contribution >= 4 is 23.1 Å². The summed E-state index contributed by atoms with van der Waals surface area (Å²) in [6.07, 6.45) is 2.50. The highest BCUT2D eigenvalue weighted by atomic mass is 32.1. The van der Waals surface area contributed by atoms with Crippen LogP contribution in [0, 0.1) is 0 Å². The first-order chi connectivity index (χ1) is 9.58. The Morgan fingerprint density at radius 1 is 1.40 bits per heavy atom. The Hall–Kier alpha value is -1.82. The summed E-state index contributed by atoms with van der Waals surface area (Å²) in [6.45, 7) is 0.308. The molecule has 0 atom stereocenters. The first kappa shape index (κ1) is 14.6. The molecule has 0 aromatic heterocycles. The molecule has 1 aliphatic carbocycles. The second-order valence-corrected chi connectivity index (χ2v) is 5.14. The molecule has 3 N–H and O–H groups in total. The number of rotatable bonds is 7. The number of carbonyl (C=O) groups is 1. The second-order valence-electron chi connectivity index (χ2n) is 4.70. The lowest BCUT2D eigenvalue weighted by atomic mass is 10.2. The summed E-state index contributed by atoms with van der Waals surface area (Å²) in [7, 11) is 1.56. The molecule has 1 amide bonds. The Labute approximate surface area is 123 Å². The molecule has 0 aliphatic heterocycles. The molecule has 1 aromatic carbocycles. The predicted molar refractivity (Wildman–Crippen MR) is 80.2 cm³/mol. The minimum atomic E-state index is 0.0185. The van der Waals surface area contributed by atoms with Crippen LogP contribution >= 0.6 is 12.2 Å². The molecule has 0 bridgehead atoms. The Balaban J connectivity index is 1.88. The van der Waals surface area contributed by atoms with Gasteiger partial charge in [0.15, 0.2) is 0 Å². The highest BCUT2D eigenvalue weighted by Crippen LogP contribution is 2.23. The SMILES string of the molecule is COc1cc(OCCC(=O)NC2CC2)cc(C(N)=S)c1. The van der Waals surface area contributed by atoms with E-state index in [0.717, 1.165) is 12.8 Å². The van der Waals surface area contributed by atoms with Crippen LogP contribution in [0.15, 0.2) is 18.2 Å². The van der Waals surface area contributed by atoms with Gasteiger partial charge in [0, 0.05) is 17.7 Å². The number of methoxy groups -OCH3 is 1. The van der Waals surface area contributed by atoms with Gasteiger partial charge in [-0.05, 0) is 25.0 Å². The maximum absolute atomic E-state index is 11.5. The molecule has 2 rings (SSSR count). The first-order valence-electron chi connectivity index (χ1n) is 6.49. The van der Waals surface area contributed by atoms with Gasteiger partial charge in [0.1, 0.15) is 16.5 Å². The molecule has 5 nitrogen and oxygen atoms in total. The minimum Gasteiger partial charge on any atom is -0.497 e. The van der Waals surface area contributed by atoms with Crippen molar-refractivity contribution in [3.63, 3.8) is 0 Å². The Bertz CT molecular complexity index is 515. The van der Waals surface area contributed by atoms with Crippen LogP contribution in [0.1, 0.15) is 24.8 Å². The number of benzene rings is 1. The lowest BCUT2D eigenvalue weighted by Gasteiger charge is -2.10. The van der Waals surface area contributed by atoms with Crippen LogP contribution in [0.5, 0.6) is 11.5 Å². The topological polar surface area (TPSA) is 73.6 Å². The van der Waals surface area contributed by atoms with Crippen molar-refractivity contribution in [2.75, 3.05) is 13.7 Å². The first-order valence-corrected chi connectivity index (χ1v) is 6.90. The number of carbonyl (C=O) groups excluding carboxylic acids is 1. The van der Waals surface area contributed by atoms with Crippen LogP contribution in [0.3, 0.4) is 0 Å². The minimum absolute atomic E-state index is 0.0185. The lowest BCUT2D eigenvalue weighted by Crippen LogP contribution is -2.26. The summed E-state index contributed by atoms with van der Waals surface area (Å²) >= 11 is 4.94. The lowest BCUT2D eigenvalue weighted by molar-refractivity contribution is -0.121. The van der Waals surface area contributed by atoms with E-state index in [1.54, 1.807) is 25.3 Å². The van der Waals surface area contributed by atoms with Crippen LogP contribution in [-0.2, 0) is 4.79 Å². The summed E-state index contributed by atoms with van der Waals surface area (Å²) in [5, 5.41) is 2.91. The van der Waals surface area contributed by atoms with Gasteiger partial charge >= 0.3 is 0 Å². The van der Waals surface area contributed by atoms with Gasteiger partial charge in [-0.1, -0.05) is 12.2 Å². The highest BCUT2D eigenvalue weighted by molar-refractivity contribution is 7.80. The van der Waals surface area contributed by atoms with Gasteiger partial charge in [0.05, 0.1) is 20.1 Å². The van der Waals surface area contributed by atoms with E-state index >= 15 is 0 Å². The average Bonchev–Trinajstić information content (AvgIpc) is 3.22. The Morgan fingerprint density at radius 3 is 2.70 bits per heavy atom.